The van der Waals surface area contributed by atoms with Gasteiger partial charge in [0.25, 0.3) is 0 Å². The van der Waals surface area contributed by atoms with E-state index in [-0.39, 0.29) is 5.91 Å². The van der Waals surface area contributed by atoms with Crippen molar-refractivity contribution in [1.29, 1.82) is 0 Å². The van der Waals surface area contributed by atoms with Crippen molar-refractivity contribution in [3.05, 3.63) is 76.6 Å². The van der Waals surface area contributed by atoms with E-state index in [1.54, 1.807) is 0 Å². The third-order valence-electron chi connectivity index (χ3n) is 4.30. The molecule has 0 fully saturated rings. The van der Waals surface area contributed by atoms with Crippen molar-refractivity contribution in [3.8, 4) is 0 Å². The number of amides is 1. The molecular formula is C21H23ClN4OS. The first kappa shape index (κ1) is 20.4. The molecule has 0 atom stereocenters. The van der Waals surface area contributed by atoms with Gasteiger partial charge in [-0.15, -0.1) is 10.2 Å². The molecule has 0 bridgehead atoms. The Hall–Kier alpha value is -2.31. The van der Waals surface area contributed by atoms with Crippen LogP contribution < -0.4 is 5.32 Å². The number of hydrogen-bond acceptors (Lipinski definition) is 4. The number of halogens is 1. The maximum atomic E-state index is 12.1. The number of aromatic nitrogens is 3. The van der Waals surface area contributed by atoms with Gasteiger partial charge < -0.3 is 9.88 Å². The number of thioether (sulfide) groups is 1. The monoisotopic (exact) mass is 414 g/mol. The molecule has 28 heavy (non-hydrogen) atoms. The fourth-order valence-electron chi connectivity index (χ4n) is 2.83. The first-order valence-corrected chi connectivity index (χ1v) is 10.6. The molecule has 1 aromatic heterocycles. The lowest BCUT2D eigenvalue weighted by Gasteiger charge is -2.08. The van der Waals surface area contributed by atoms with Gasteiger partial charge in [-0.2, -0.15) is 0 Å². The molecule has 0 aliphatic carbocycles. The third-order valence-corrected chi connectivity index (χ3v) is 5.51. The van der Waals surface area contributed by atoms with E-state index < -0.39 is 0 Å². The summed E-state index contributed by atoms with van der Waals surface area (Å²) in [5.74, 6) is 1.22. The van der Waals surface area contributed by atoms with E-state index in [9.17, 15) is 4.79 Å². The predicted octanol–water partition coefficient (Wildman–Crippen LogP) is 3.99. The maximum absolute atomic E-state index is 12.1. The topological polar surface area (TPSA) is 59.8 Å². The smallest absolute Gasteiger partial charge is 0.230 e. The molecule has 3 aromatic rings. The molecule has 1 amide bonds. The van der Waals surface area contributed by atoms with Crippen LogP contribution in [-0.4, -0.2) is 33.0 Å². The summed E-state index contributed by atoms with van der Waals surface area (Å²) in [6.07, 6.45) is 1.51. The number of nitrogens with zero attached hydrogens (tertiary/aromatic N) is 3. The van der Waals surface area contributed by atoms with Gasteiger partial charge in [-0.05, 0) is 36.6 Å². The van der Waals surface area contributed by atoms with Gasteiger partial charge in [-0.1, -0.05) is 65.8 Å². The molecule has 1 heterocycles. The summed E-state index contributed by atoms with van der Waals surface area (Å²) in [5, 5.41) is 13.0. The van der Waals surface area contributed by atoms with Crippen molar-refractivity contribution >= 4 is 29.3 Å². The Labute approximate surface area is 174 Å². The minimum atomic E-state index is 0.00540. The van der Waals surface area contributed by atoms with Gasteiger partial charge in [-0.25, -0.2) is 0 Å². The van der Waals surface area contributed by atoms with Crippen LogP contribution in [0.3, 0.4) is 0 Å². The van der Waals surface area contributed by atoms with E-state index in [0.29, 0.717) is 18.7 Å². The highest BCUT2D eigenvalue weighted by Gasteiger charge is 2.13. The standard InChI is InChI=1S/C21H23ClN4OS/c1-2-26-19(14-17-8-10-18(22)11-9-17)24-25-21(26)28-15-20(27)23-13-12-16-6-4-3-5-7-16/h3-11H,2,12-15H2,1H3,(H,23,27). The number of carbonyl (C=O) groups excluding carboxylic acids is 1. The summed E-state index contributed by atoms with van der Waals surface area (Å²) in [6, 6.07) is 17.9. The predicted molar refractivity (Wildman–Crippen MR) is 114 cm³/mol. The average molecular weight is 415 g/mol. The quantitative estimate of drug-likeness (QED) is 0.538. The Morgan fingerprint density at radius 3 is 2.54 bits per heavy atom. The fraction of sp³-hybridized carbons (Fsp3) is 0.286. The van der Waals surface area contributed by atoms with Gasteiger partial charge in [0.1, 0.15) is 5.82 Å². The van der Waals surface area contributed by atoms with E-state index in [0.717, 1.165) is 34.5 Å². The Kier molecular flexibility index (Phi) is 7.51. The second-order valence-electron chi connectivity index (χ2n) is 6.32. The van der Waals surface area contributed by atoms with Crippen LogP contribution in [0.25, 0.3) is 0 Å². The molecule has 0 aliphatic rings. The molecule has 1 N–H and O–H groups in total. The lowest BCUT2D eigenvalue weighted by molar-refractivity contribution is -0.118. The third kappa shape index (κ3) is 5.84. The molecule has 0 saturated carbocycles. The molecule has 0 aliphatic heterocycles. The molecule has 7 heteroatoms. The maximum Gasteiger partial charge on any atom is 0.230 e. The number of carbonyl (C=O) groups is 1. The van der Waals surface area contributed by atoms with E-state index in [2.05, 4.69) is 39.1 Å². The number of rotatable bonds is 9. The Morgan fingerprint density at radius 2 is 1.82 bits per heavy atom. The van der Waals surface area contributed by atoms with Crippen molar-refractivity contribution in [2.75, 3.05) is 12.3 Å². The van der Waals surface area contributed by atoms with Gasteiger partial charge in [-0.3, -0.25) is 4.79 Å². The van der Waals surface area contributed by atoms with Crippen molar-refractivity contribution in [2.24, 2.45) is 0 Å². The first-order valence-electron chi connectivity index (χ1n) is 9.25. The zero-order valence-electron chi connectivity index (χ0n) is 15.8. The van der Waals surface area contributed by atoms with Crippen molar-refractivity contribution < 1.29 is 4.79 Å². The molecule has 0 unspecified atom stereocenters. The Bertz CT molecular complexity index is 897. The van der Waals surface area contributed by atoms with E-state index >= 15 is 0 Å². The number of benzene rings is 2. The van der Waals surface area contributed by atoms with Gasteiger partial charge in [0, 0.05) is 24.5 Å². The van der Waals surface area contributed by atoms with Crippen LogP contribution in [0.1, 0.15) is 23.9 Å². The minimum absolute atomic E-state index is 0.00540. The number of nitrogens with one attached hydrogen (secondary N) is 1. The van der Waals surface area contributed by atoms with Gasteiger partial charge in [0.05, 0.1) is 5.75 Å². The van der Waals surface area contributed by atoms with E-state index in [1.165, 1.54) is 17.3 Å². The van der Waals surface area contributed by atoms with Crippen molar-refractivity contribution in [1.82, 2.24) is 20.1 Å². The zero-order chi connectivity index (χ0) is 19.8. The van der Waals surface area contributed by atoms with Crippen LogP contribution in [0.15, 0.2) is 59.8 Å². The van der Waals surface area contributed by atoms with E-state index in [1.807, 2.05) is 42.5 Å². The normalized spacial score (nSPS) is 10.8. The van der Waals surface area contributed by atoms with Gasteiger partial charge in [0.15, 0.2) is 5.16 Å². The molecular weight excluding hydrogens is 392 g/mol. The van der Waals surface area contributed by atoms with Crippen LogP contribution >= 0.6 is 23.4 Å². The molecule has 2 aromatic carbocycles. The number of hydrogen-bond donors (Lipinski definition) is 1. The molecule has 5 nitrogen and oxygen atoms in total. The molecule has 3 rings (SSSR count). The molecule has 146 valence electrons. The lowest BCUT2D eigenvalue weighted by atomic mass is 10.1. The second-order valence-corrected chi connectivity index (χ2v) is 7.70. The SMILES string of the molecule is CCn1c(Cc2ccc(Cl)cc2)nnc1SCC(=O)NCCc1ccccc1. The van der Waals surface area contributed by atoms with Crippen LogP contribution in [0.4, 0.5) is 0 Å². The van der Waals surface area contributed by atoms with E-state index in [4.69, 9.17) is 11.6 Å². The summed E-state index contributed by atoms with van der Waals surface area (Å²) >= 11 is 7.36. The second kappa shape index (κ2) is 10.3. The minimum Gasteiger partial charge on any atom is -0.355 e. The highest BCUT2D eigenvalue weighted by atomic mass is 35.5. The molecule has 0 radical (unpaired) electrons. The summed E-state index contributed by atoms with van der Waals surface area (Å²) < 4.78 is 2.05. The van der Waals surface area contributed by atoms with Crippen LogP contribution in [0.2, 0.25) is 5.02 Å². The average Bonchev–Trinajstić information content (AvgIpc) is 3.10. The Morgan fingerprint density at radius 1 is 1.07 bits per heavy atom. The highest BCUT2D eigenvalue weighted by molar-refractivity contribution is 7.99. The van der Waals surface area contributed by atoms with Crippen LogP contribution in [0, 0.1) is 0 Å². The van der Waals surface area contributed by atoms with Gasteiger partial charge >= 0.3 is 0 Å². The lowest BCUT2D eigenvalue weighted by Crippen LogP contribution is -2.27. The summed E-state index contributed by atoms with van der Waals surface area (Å²) in [6.45, 7) is 3.44. The fourth-order valence-corrected chi connectivity index (χ4v) is 3.81. The van der Waals surface area contributed by atoms with Gasteiger partial charge in [0.2, 0.25) is 5.91 Å². The largest absolute Gasteiger partial charge is 0.355 e. The van der Waals surface area contributed by atoms with Crippen molar-refractivity contribution in [3.63, 3.8) is 0 Å². The molecule has 0 saturated heterocycles. The summed E-state index contributed by atoms with van der Waals surface area (Å²) in [7, 11) is 0. The summed E-state index contributed by atoms with van der Waals surface area (Å²) in [5.41, 5.74) is 2.34. The molecule has 0 spiro atoms. The zero-order valence-corrected chi connectivity index (χ0v) is 17.3. The first-order chi connectivity index (χ1) is 13.7. The Balaban J connectivity index is 1.50. The highest BCUT2D eigenvalue weighted by Crippen LogP contribution is 2.19. The van der Waals surface area contributed by atoms with Crippen LogP contribution in [0.5, 0.6) is 0 Å². The summed E-state index contributed by atoms with van der Waals surface area (Å²) in [4.78, 5) is 12.1. The van der Waals surface area contributed by atoms with Crippen LogP contribution in [-0.2, 0) is 24.2 Å². The van der Waals surface area contributed by atoms with Crippen molar-refractivity contribution in [2.45, 2.75) is 31.5 Å².